The lowest BCUT2D eigenvalue weighted by atomic mass is 9.98. The van der Waals surface area contributed by atoms with E-state index in [-0.39, 0.29) is 5.54 Å². The highest BCUT2D eigenvalue weighted by molar-refractivity contribution is 5.77. The van der Waals surface area contributed by atoms with E-state index in [0.717, 1.165) is 12.1 Å². The molecule has 18 heavy (non-hydrogen) atoms. The topological polar surface area (TPSA) is 75.3 Å². The zero-order valence-corrected chi connectivity index (χ0v) is 11.0. The Bertz CT molecular complexity index is 598. The highest BCUT2D eigenvalue weighted by Gasteiger charge is 2.23. The third-order valence-electron chi connectivity index (χ3n) is 3.46. The van der Waals surface area contributed by atoms with Crippen molar-refractivity contribution >= 4 is 16.8 Å². The number of aromatic amines is 1. The highest BCUT2D eigenvalue weighted by Crippen LogP contribution is 2.26. The maximum Gasteiger partial charge on any atom is 0.417 e. The second-order valence-electron chi connectivity index (χ2n) is 5.11. The van der Waals surface area contributed by atoms with Gasteiger partial charge in [0.15, 0.2) is 5.58 Å². The maximum absolute atomic E-state index is 11.1. The summed E-state index contributed by atoms with van der Waals surface area (Å²) in [5, 5.41) is 0. The van der Waals surface area contributed by atoms with Gasteiger partial charge in [0.25, 0.3) is 0 Å². The molecule has 98 valence electrons. The largest absolute Gasteiger partial charge is 0.417 e. The number of hydrogen-bond donors (Lipinski definition) is 2. The van der Waals surface area contributed by atoms with E-state index in [1.807, 2.05) is 25.2 Å². The molecule has 5 heteroatoms. The fraction of sp³-hybridized carbons (Fsp3) is 0.462. The summed E-state index contributed by atoms with van der Waals surface area (Å²) in [4.78, 5) is 15.9. The van der Waals surface area contributed by atoms with Crippen LogP contribution in [0.4, 0.5) is 5.69 Å². The summed E-state index contributed by atoms with van der Waals surface area (Å²) in [5.74, 6) is -0.425. The van der Waals surface area contributed by atoms with E-state index < -0.39 is 5.76 Å². The monoisotopic (exact) mass is 249 g/mol. The zero-order chi connectivity index (χ0) is 13.3. The van der Waals surface area contributed by atoms with Crippen LogP contribution in [0.1, 0.15) is 20.3 Å². The number of fused-ring (bicyclic) bond motifs is 1. The zero-order valence-electron chi connectivity index (χ0n) is 11.0. The highest BCUT2D eigenvalue weighted by atomic mass is 16.4. The van der Waals surface area contributed by atoms with Crippen LogP contribution in [0.25, 0.3) is 11.1 Å². The van der Waals surface area contributed by atoms with Crippen molar-refractivity contribution in [3.8, 4) is 0 Å². The first-order valence-corrected chi connectivity index (χ1v) is 6.01. The molecule has 0 spiro atoms. The molecule has 0 aliphatic carbocycles. The number of oxazole rings is 1. The summed E-state index contributed by atoms with van der Waals surface area (Å²) in [6.45, 7) is 4.91. The standard InChI is InChI=1S/C13H19N3O2/c1-13(2,6-7-14)16(3)9-4-5-10-11(8-9)18-12(17)15-10/h4-5,8H,6-7,14H2,1-3H3,(H,15,17). The van der Waals surface area contributed by atoms with E-state index in [9.17, 15) is 4.79 Å². The number of anilines is 1. The Balaban J connectivity index is 2.38. The quantitative estimate of drug-likeness (QED) is 0.864. The molecule has 0 radical (unpaired) electrons. The van der Waals surface area contributed by atoms with Crippen LogP contribution in [-0.4, -0.2) is 24.1 Å². The fourth-order valence-corrected chi connectivity index (χ4v) is 2.01. The number of rotatable bonds is 4. The number of hydrogen-bond acceptors (Lipinski definition) is 4. The van der Waals surface area contributed by atoms with Gasteiger partial charge in [0.2, 0.25) is 0 Å². The van der Waals surface area contributed by atoms with Crippen LogP contribution in [0.3, 0.4) is 0 Å². The molecule has 0 fully saturated rings. The Kier molecular flexibility index (Phi) is 3.17. The second-order valence-corrected chi connectivity index (χ2v) is 5.11. The van der Waals surface area contributed by atoms with E-state index in [1.165, 1.54) is 0 Å². The van der Waals surface area contributed by atoms with Gasteiger partial charge in [-0.2, -0.15) is 0 Å². The van der Waals surface area contributed by atoms with Gasteiger partial charge >= 0.3 is 5.76 Å². The van der Waals surface area contributed by atoms with Crippen molar-refractivity contribution in [2.24, 2.45) is 5.73 Å². The van der Waals surface area contributed by atoms with Gasteiger partial charge in [0.1, 0.15) is 0 Å². The van der Waals surface area contributed by atoms with Gasteiger partial charge in [-0.1, -0.05) is 0 Å². The van der Waals surface area contributed by atoms with Crippen molar-refractivity contribution in [1.29, 1.82) is 0 Å². The lowest BCUT2D eigenvalue weighted by Crippen LogP contribution is -2.42. The Morgan fingerprint density at radius 3 is 2.83 bits per heavy atom. The Labute approximate surface area is 106 Å². The number of aromatic nitrogens is 1. The van der Waals surface area contributed by atoms with E-state index in [1.54, 1.807) is 0 Å². The van der Waals surface area contributed by atoms with E-state index in [2.05, 4.69) is 23.7 Å². The fourth-order valence-electron chi connectivity index (χ4n) is 2.01. The average Bonchev–Trinajstić information content (AvgIpc) is 2.66. The minimum Gasteiger partial charge on any atom is -0.408 e. The molecule has 0 amide bonds. The minimum atomic E-state index is -0.425. The summed E-state index contributed by atoms with van der Waals surface area (Å²) >= 11 is 0. The first kappa shape index (κ1) is 12.7. The first-order valence-electron chi connectivity index (χ1n) is 6.01. The molecular formula is C13H19N3O2. The summed E-state index contributed by atoms with van der Waals surface area (Å²) in [6, 6.07) is 5.68. The molecular weight excluding hydrogens is 230 g/mol. The lowest BCUT2D eigenvalue weighted by Gasteiger charge is -2.37. The molecule has 2 rings (SSSR count). The number of H-pyrrole nitrogens is 1. The molecule has 1 aromatic carbocycles. The number of nitrogens with one attached hydrogen (secondary N) is 1. The van der Waals surface area contributed by atoms with Gasteiger partial charge in [-0.25, -0.2) is 4.79 Å². The van der Waals surface area contributed by atoms with Crippen molar-refractivity contribution in [1.82, 2.24) is 4.98 Å². The van der Waals surface area contributed by atoms with Gasteiger partial charge in [-0.15, -0.1) is 0 Å². The Hall–Kier alpha value is -1.75. The molecule has 1 heterocycles. The van der Waals surface area contributed by atoms with E-state index in [4.69, 9.17) is 10.2 Å². The van der Waals surface area contributed by atoms with Gasteiger partial charge in [-0.05, 0) is 38.9 Å². The van der Waals surface area contributed by atoms with Crippen LogP contribution >= 0.6 is 0 Å². The summed E-state index contributed by atoms with van der Waals surface area (Å²) in [6.07, 6.45) is 0.888. The SMILES string of the molecule is CN(c1ccc2[nH]c(=O)oc2c1)C(C)(C)CCN. The van der Waals surface area contributed by atoms with Crippen molar-refractivity contribution in [3.05, 3.63) is 28.7 Å². The predicted molar refractivity (Wildman–Crippen MR) is 73.0 cm³/mol. The van der Waals surface area contributed by atoms with Crippen molar-refractivity contribution in [2.75, 3.05) is 18.5 Å². The maximum atomic E-state index is 11.1. The van der Waals surface area contributed by atoms with Gasteiger partial charge in [0, 0.05) is 24.3 Å². The molecule has 0 saturated heterocycles. The molecule has 0 bridgehead atoms. The van der Waals surface area contributed by atoms with Crippen molar-refractivity contribution in [3.63, 3.8) is 0 Å². The third-order valence-corrected chi connectivity index (χ3v) is 3.46. The van der Waals surface area contributed by atoms with Crippen molar-refractivity contribution < 1.29 is 4.42 Å². The number of benzene rings is 1. The van der Waals surface area contributed by atoms with E-state index >= 15 is 0 Å². The average molecular weight is 249 g/mol. The molecule has 0 aliphatic rings. The summed E-state index contributed by atoms with van der Waals surface area (Å²) in [7, 11) is 2.02. The number of nitrogens with two attached hydrogens (primary N) is 1. The van der Waals surface area contributed by atoms with Crippen LogP contribution in [0, 0.1) is 0 Å². The first-order chi connectivity index (χ1) is 8.44. The summed E-state index contributed by atoms with van der Waals surface area (Å²) in [5.41, 5.74) is 7.89. The minimum absolute atomic E-state index is 0.0426. The molecule has 2 aromatic rings. The van der Waals surface area contributed by atoms with E-state index in [0.29, 0.717) is 17.6 Å². The molecule has 0 aliphatic heterocycles. The molecule has 5 nitrogen and oxygen atoms in total. The summed E-state index contributed by atoms with van der Waals surface area (Å²) < 4.78 is 5.07. The van der Waals surface area contributed by atoms with Crippen LogP contribution in [0.15, 0.2) is 27.4 Å². The van der Waals surface area contributed by atoms with Crippen molar-refractivity contribution in [2.45, 2.75) is 25.8 Å². The lowest BCUT2D eigenvalue weighted by molar-refractivity contribution is 0.456. The second kappa shape index (κ2) is 4.49. The normalized spacial score (nSPS) is 12.0. The van der Waals surface area contributed by atoms with Gasteiger partial charge in [0.05, 0.1) is 5.52 Å². The smallest absolute Gasteiger partial charge is 0.408 e. The Morgan fingerprint density at radius 2 is 2.17 bits per heavy atom. The van der Waals surface area contributed by atoms with Crippen LogP contribution < -0.4 is 16.4 Å². The van der Waals surface area contributed by atoms with Gasteiger partial charge < -0.3 is 15.1 Å². The Morgan fingerprint density at radius 1 is 1.44 bits per heavy atom. The molecule has 3 N–H and O–H groups in total. The third kappa shape index (κ3) is 2.26. The molecule has 1 aromatic heterocycles. The van der Waals surface area contributed by atoms with Crippen LogP contribution in [0.5, 0.6) is 0 Å². The van der Waals surface area contributed by atoms with Crippen LogP contribution in [0.2, 0.25) is 0 Å². The molecule has 0 unspecified atom stereocenters. The number of nitrogens with zero attached hydrogens (tertiary/aromatic N) is 1. The van der Waals surface area contributed by atoms with Crippen LogP contribution in [-0.2, 0) is 0 Å². The molecule has 0 saturated carbocycles. The predicted octanol–water partition coefficient (Wildman–Crippen LogP) is 1.68. The molecule has 0 atom stereocenters. The van der Waals surface area contributed by atoms with Gasteiger partial charge in [-0.3, -0.25) is 4.98 Å².